The van der Waals surface area contributed by atoms with Crippen LogP contribution in [0.4, 0.5) is 0 Å². The van der Waals surface area contributed by atoms with Crippen molar-refractivity contribution >= 4 is 11.0 Å². The summed E-state index contributed by atoms with van der Waals surface area (Å²) in [5, 5.41) is 8.67. The number of aromatic nitrogens is 5. The van der Waals surface area contributed by atoms with E-state index in [4.69, 9.17) is 0 Å². The highest BCUT2D eigenvalue weighted by Crippen LogP contribution is 2.31. The minimum atomic E-state index is 0.118. The average molecular weight is 374 g/mol. The van der Waals surface area contributed by atoms with Crippen LogP contribution in [0.2, 0.25) is 0 Å². The number of imidazole rings is 1. The van der Waals surface area contributed by atoms with Crippen molar-refractivity contribution in [1.82, 2.24) is 24.3 Å². The van der Waals surface area contributed by atoms with E-state index < -0.39 is 0 Å². The van der Waals surface area contributed by atoms with Gasteiger partial charge in [-0.05, 0) is 61.1 Å². The SMILES string of the molecule is Cc1cc(C(C)(C)C)cc(C)c1-n1cnnc1-c1ccc2nc(C)n(C)c2c1. The van der Waals surface area contributed by atoms with Crippen molar-refractivity contribution in [3.05, 3.63) is 59.2 Å². The Kier molecular flexibility index (Phi) is 4.14. The van der Waals surface area contributed by atoms with E-state index in [0.29, 0.717) is 0 Å². The van der Waals surface area contributed by atoms with Gasteiger partial charge in [-0.15, -0.1) is 10.2 Å². The van der Waals surface area contributed by atoms with Crippen LogP contribution in [-0.4, -0.2) is 24.3 Å². The summed E-state index contributed by atoms with van der Waals surface area (Å²) in [6.07, 6.45) is 1.81. The smallest absolute Gasteiger partial charge is 0.168 e. The van der Waals surface area contributed by atoms with Gasteiger partial charge in [0.05, 0.1) is 16.7 Å². The normalized spacial score (nSPS) is 12.1. The van der Waals surface area contributed by atoms with Crippen molar-refractivity contribution in [2.75, 3.05) is 0 Å². The monoisotopic (exact) mass is 373 g/mol. The van der Waals surface area contributed by atoms with E-state index in [-0.39, 0.29) is 5.41 Å². The molecule has 4 aromatic rings. The fourth-order valence-electron chi connectivity index (χ4n) is 3.81. The Morgan fingerprint density at radius 2 is 1.61 bits per heavy atom. The third-order valence-corrected chi connectivity index (χ3v) is 5.51. The van der Waals surface area contributed by atoms with Crippen molar-refractivity contribution in [2.45, 2.75) is 47.0 Å². The molecule has 0 aliphatic rings. The van der Waals surface area contributed by atoms with Gasteiger partial charge < -0.3 is 4.57 Å². The van der Waals surface area contributed by atoms with Gasteiger partial charge in [0.15, 0.2) is 5.82 Å². The zero-order valence-electron chi connectivity index (χ0n) is 17.7. The molecule has 0 N–H and O–H groups in total. The molecule has 5 heteroatoms. The van der Waals surface area contributed by atoms with Crippen LogP contribution in [0.5, 0.6) is 0 Å². The first-order valence-electron chi connectivity index (χ1n) is 9.62. The highest BCUT2D eigenvalue weighted by molar-refractivity contribution is 5.81. The molecule has 4 rings (SSSR count). The summed E-state index contributed by atoms with van der Waals surface area (Å²) in [6.45, 7) is 13.1. The second-order valence-corrected chi connectivity index (χ2v) is 8.65. The van der Waals surface area contributed by atoms with Gasteiger partial charge in [0.25, 0.3) is 0 Å². The van der Waals surface area contributed by atoms with Crippen LogP contribution in [0.15, 0.2) is 36.7 Å². The number of fused-ring (bicyclic) bond motifs is 1. The summed E-state index contributed by atoms with van der Waals surface area (Å²) in [6, 6.07) is 10.8. The van der Waals surface area contributed by atoms with E-state index >= 15 is 0 Å². The van der Waals surface area contributed by atoms with Gasteiger partial charge in [-0.3, -0.25) is 4.57 Å². The highest BCUT2D eigenvalue weighted by atomic mass is 15.3. The predicted molar refractivity (Wildman–Crippen MR) is 114 cm³/mol. The molecule has 0 fully saturated rings. The quantitative estimate of drug-likeness (QED) is 0.494. The van der Waals surface area contributed by atoms with Gasteiger partial charge in [-0.25, -0.2) is 4.98 Å². The molecule has 0 aliphatic heterocycles. The lowest BCUT2D eigenvalue weighted by Crippen LogP contribution is -2.13. The van der Waals surface area contributed by atoms with Crippen LogP contribution >= 0.6 is 0 Å². The Labute approximate surface area is 166 Å². The highest BCUT2D eigenvalue weighted by Gasteiger charge is 2.19. The van der Waals surface area contributed by atoms with E-state index in [9.17, 15) is 0 Å². The lowest BCUT2D eigenvalue weighted by atomic mass is 9.84. The number of hydrogen-bond acceptors (Lipinski definition) is 3. The molecule has 0 spiro atoms. The van der Waals surface area contributed by atoms with Crippen LogP contribution in [0, 0.1) is 20.8 Å². The second-order valence-electron chi connectivity index (χ2n) is 8.65. The third-order valence-electron chi connectivity index (χ3n) is 5.51. The fraction of sp³-hybridized carbons (Fsp3) is 0.348. The lowest BCUT2D eigenvalue weighted by molar-refractivity contribution is 0.589. The minimum Gasteiger partial charge on any atom is -0.331 e. The van der Waals surface area contributed by atoms with Crippen molar-refractivity contribution in [3.8, 4) is 17.1 Å². The molecule has 144 valence electrons. The van der Waals surface area contributed by atoms with Crippen molar-refractivity contribution in [1.29, 1.82) is 0 Å². The van der Waals surface area contributed by atoms with Crippen LogP contribution in [-0.2, 0) is 12.5 Å². The van der Waals surface area contributed by atoms with Gasteiger partial charge >= 0.3 is 0 Å². The largest absolute Gasteiger partial charge is 0.331 e. The summed E-state index contributed by atoms with van der Waals surface area (Å²) < 4.78 is 4.20. The van der Waals surface area contributed by atoms with Crippen LogP contribution in [0.25, 0.3) is 28.1 Å². The molecular formula is C23H27N5. The van der Waals surface area contributed by atoms with Crippen molar-refractivity contribution in [3.63, 3.8) is 0 Å². The summed E-state index contributed by atoms with van der Waals surface area (Å²) in [7, 11) is 2.04. The number of aryl methyl sites for hydroxylation is 4. The standard InChI is InChI=1S/C23H27N5/c1-14-10-18(23(4,5)6)11-15(2)21(14)28-13-24-26-22(28)17-8-9-19-20(12-17)27(7)16(3)25-19/h8-13H,1-7H3. The van der Waals surface area contributed by atoms with Gasteiger partial charge in [-0.2, -0.15) is 0 Å². The maximum Gasteiger partial charge on any atom is 0.168 e. The molecule has 0 amide bonds. The maximum atomic E-state index is 4.60. The van der Waals surface area contributed by atoms with Crippen LogP contribution in [0.1, 0.15) is 43.3 Å². The lowest BCUT2D eigenvalue weighted by Gasteiger charge is -2.23. The zero-order valence-corrected chi connectivity index (χ0v) is 17.7. The topological polar surface area (TPSA) is 48.5 Å². The van der Waals surface area contributed by atoms with E-state index in [1.165, 1.54) is 16.7 Å². The summed E-state index contributed by atoms with van der Waals surface area (Å²) >= 11 is 0. The summed E-state index contributed by atoms with van der Waals surface area (Å²) in [5.74, 6) is 1.84. The molecule has 2 aromatic carbocycles. The molecule has 0 saturated carbocycles. The number of rotatable bonds is 2. The van der Waals surface area contributed by atoms with E-state index in [2.05, 4.69) is 89.3 Å². The van der Waals surface area contributed by atoms with Gasteiger partial charge in [-0.1, -0.05) is 32.9 Å². The summed E-state index contributed by atoms with van der Waals surface area (Å²) in [4.78, 5) is 4.60. The summed E-state index contributed by atoms with van der Waals surface area (Å²) in [5.41, 5.74) is 8.19. The van der Waals surface area contributed by atoms with Gasteiger partial charge in [0, 0.05) is 12.6 Å². The molecule has 0 radical (unpaired) electrons. The van der Waals surface area contributed by atoms with Crippen LogP contribution in [0.3, 0.4) is 0 Å². The number of hydrogen-bond donors (Lipinski definition) is 0. The second kappa shape index (κ2) is 6.30. The maximum absolute atomic E-state index is 4.60. The van der Waals surface area contributed by atoms with E-state index in [0.717, 1.165) is 33.9 Å². The molecule has 0 saturated heterocycles. The first kappa shape index (κ1) is 18.4. The number of nitrogens with zero attached hydrogens (tertiary/aromatic N) is 5. The molecule has 0 atom stereocenters. The molecule has 0 aliphatic carbocycles. The Morgan fingerprint density at radius 1 is 0.929 bits per heavy atom. The Morgan fingerprint density at radius 3 is 2.25 bits per heavy atom. The molecule has 28 heavy (non-hydrogen) atoms. The third kappa shape index (κ3) is 2.91. The Bertz CT molecular complexity index is 1160. The molecular weight excluding hydrogens is 346 g/mol. The van der Waals surface area contributed by atoms with E-state index in [1.54, 1.807) is 6.33 Å². The fourth-order valence-corrected chi connectivity index (χ4v) is 3.81. The average Bonchev–Trinajstić information content (AvgIpc) is 3.19. The Hall–Kier alpha value is -2.95. The Balaban J connectivity index is 1.88. The molecule has 0 unspecified atom stereocenters. The predicted octanol–water partition coefficient (Wildman–Crippen LogP) is 5.04. The van der Waals surface area contributed by atoms with E-state index in [1.807, 2.05) is 14.0 Å². The van der Waals surface area contributed by atoms with Crippen LogP contribution < -0.4 is 0 Å². The van der Waals surface area contributed by atoms with Crippen molar-refractivity contribution < 1.29 is 0 Å². The molecule has 2 aromatic heterocycles. The molecule has 0 bridgehead atoms. The molecule has 2 heterocycles. The minimum absolute atomic E-state index is 0.118. The number of benzene rings is 2. The first-order chi connectivity index (χ1) is 13.2. The van der Waals surface area contributed by atoms with Gasteiger partial charge in [0.2, 0.25) is 0 Å². The zero-order chi connectivity index (χ0) is 20.2. The first-order valence-corrected chi connectivity index (χ1v) is 9.62. The molecule has 5 nitrogen and oxygen atoms in total. The van der Waals surface area contributed by atoms with Gasteiger partial charge in [0.1, 0.15) is 12.2 Å². The van der Waals surface area contributed by atoms with Crippen molar-refractivity contribution in [2.24, 2.45) is 7.05 Å².